The number of rotatable bonds is 4. The maximum absolute atomic E-state index is 10.4. The van der Waals surface area contributed by atoms with Gasteiger partial charge >= 0.3 is 5.97 Å². The summed E-state index contributed by atoms with van der Waals surface area (Å²) in [6.45, 7) is 0. The van der Waals surface area contributed by atoms with Crippen LogP contribution in [0.4, 0.5) is 0 Å². The van der Waals surface area contributed by atoms with E-state index in [4.69, 9.17) is 10.2 Å². The Hall–Kier alpha value is 0.283. The second-order valence-corrected chi connectivity index (χ2v) is 3.48. The van der Waals surface area contributed by atoms with Crippen molar-refractivity contribution in [2.24, 2.45) is 0 Å². The summed E-state index contributed by atoms with van der Waals surface area (Å²) in [5.74, 6) is -0.971. The molecule has 0 aromatic rings. The number of hydrogen-bond acceptors (Lipinski definition) is 3. The molecule has 0 saturated carbocycles. The molecule has 6 heteroatoms. The van der Waals surface area contributed by atoms with E-state index in [1.54, 1.807) is 0 Å². The van der Waals surface area contributed by atoms with Gasteiger partial charge in [-0.25, -0.2) is 0 Å². The van der Waals surface area contributed by atoms with E-state index in [9.17, 15) is 9.36 Å². The number of hydrogen-bond donors (Lipinski definition) is 2. The summed E-state index contributed by atoms with van der Waals surface area (Å²) in [6.07, 6.45) is -0.382. The van der Waals surface area contributed by atoms with Gasteiger partial charge in [-0.1, -0.05) is 0 Å². The quantitative estimate of drug-likeness (QED) is 0.512. The van der Waals surface area contributed by atoms with Gasteiger partial charge in [0.25, 0.3) is 0 Å². The van der Waals surface area contributed by atoms with Crippen molar-refractivity contribution in [1.82, 2.24) is 0 Å². The van der Waals surface area contributed by atoms with Gasteiger partial charge in [0, 0.05) is 25.6 Å². The first-order valence-corrected chi connectivity index (χ1v) is 4.33. The van der Waals surface area contributed by atoms with E-state index in [0.29, 0.717) is 0 Å². The Morgan fingerprint density at radius 2 is 2.00 bits per heavy atom. The molecule has 0 aromatic carbocycles. The number of carboxylic acids is 1. The standard InChI is InChI=1S/C4H9O4P.Zn/c5-3-9(8)2-1-4(6)7;/h5,9H,1-3H2,(H,6,7);. The summed E-state index contributed by atoms with van der Waals surface area (Å²) in [5.41, 5.74) is 0. The van der Waals surface area contributed by atoms with Gasteiger partial charge in [0.1, 0.15) is 7.80 Å². The summed E-state index contributed by atoms with van der Waals surface area (Å²) in [4.78, 5) is 9.82. The molecule has 0 aliphatic carbocycles. The number of carboxylic acid groups (broad SMARTS) is 1. The third-order valence-electron chi connectivity index (χ3n) is 0.794. The molecule has 0 saturated heterocycles. The molecule has 2 N–H and O–H groups in total. The molecule has 1 atom stereocenters. The van der Waals surface area contributed by atoms with Crippen LogP contribution in [0.5, 0.6) is 0 Å². The van der Waals surface area contributed by atoms with E-state index in [-0.39, 0.29) is 38.4 Å². The van der Waals surface area contributed by atoms with Crippen molar-refractivity contribution in [1.29, 1.82) is 0 Å². The van der Waals surface area contributed by atoms with Crippen molar-refractivity contribution in [3.05, 3.63) is 0 Å². The van der Waals surface area contributed by atoms with Gasteiger partial charge in [-0.15, -0.1) is 0 Å². The van der Waals surface area contributed by atoms with Crippen LogP contribution in [0.25, 0.3) is 0 Å². The van der Waals surface area contributed by atoms with Gasteiger partial charge in [0.2, 0.25) is 0 Å². The number of aliphatic hydroxyl groups is 1. The molecule has 0 radical (unpaired) electrons. The molecule has 0 amide bonds. The summed E-state index contributed by atoms with van der Waals surface area (Å²) in [7, 11) is -2.00. The Labute approximate surface area is 72.2 Å². The van der Waals surface area contributed by atoms with E-state index in [0.717, 1.165) is 0 Å². The minimum Gasteiger partial charge on any atom is -0.481 e. The van der Waals surface area contributed by atoms with Crippen LogP contribution in [0.2, 0.25) is 0 Å². The molecular weight excluding hydrogens is 208 g/mol. The van der Waals surface area contributed by atoms with Gasteiger partial charge in [-0.2, -0.15) is 0 Å². The molecule has 0 spiro atoms. The topological polar surface area (TPSA) is 74.6 Å². The average Bonchev–Trinajstić information content (AvgIpc) is 1.83. The van der Waals surface area contributed by atoms with Gasteiger partial charge in [0.15, 0.2) is 0 Å². The number of aliphatic carboxylic acids is 1. The van der Waals surface area contributed by atoms with Crippen molar-refractivity contribution < 1.29 is 39.1 Å². The first-order chi connectivity index (χ1) is 4.16. The van der Waals surface area contributed by atoms with Crippen molar-refractivity contribution >= 4 is 13.8 Å². The molecule has 4 nitrogen and oxygen atoms in total. The van der Waals surface area contributed by atoms with Crippen molar-refractivity contribution in [2.75, 3.05) is 12.5 Å². The molecule has 0 heterocycles. The van der Waals surface area contributed by atoms with E-state index >= 15 is 0 Å². The van der Waals surface area contributed by atoms with Crippen LogP contribution >= 0.6 is 7.80 Å². The van der Waals surface area contributed by atoms with Crippen LogP contribution in [-0.4, -0.2) is 28.7 Å². The van der Waals surface area contributed by atoms with E-state index < -0.39 is 13.8 Å². The monoisotopic (exact) mass is 216 g/mol. The molecule has 0 aliphatic heterocycles. The Morgan fingerprint density at radius 1 is 1.50 bits per heavy atom. The van der Waals surface area contributed by atoms with Crippen LogP contribution in [0.15, 0.2) is 0 Å². The summed E-state index contributed by atoms with van der Waals surface area (Å²) in [5, 5.41) is 16.2. The zero-order chi connectivity index (χ0) is 7.28. The molecule has 56 valence electrons. The van der Waals surface area contributed by atoms with E-state index in [1.807, 2.05) is 0 Å². The Morgan fingerprint density at radius 3 is 2.30 bits per heavy atom. The number of carbonyl (C=O) groups is 1. The fourth-order valence-corrected chi connectivity index (χ4v) is 0.976. The zero-order valence-corrected chi connectivity index (χ0v) is 9.51. The van der Waals surface area contributed by atoms with Gasteiger partial charge < -0.3 is 14.8 Å². The maximum Gasteiger partial charge on any atom is 0.303 e. The largest absolute Gasteiger partial charge is 0.481 e. The second-order valence-electron chi connectivity index (χ2n) is 1.59. The van der Waals surface area contributed by atoms with Gasteiger partial charge in [-0.05, 0) is 0 Å². The third kappa shape index (κ3) is 8.28. The average molecular weight is 217 g/mol. The van der Waals surface area contributed by atoms with Crippen LogP contribution in [0.3, 0.4) is 0 Å². The van der Waals surface area contributed by atoms with E-state index in [1.165, 1.54) is 0 Å². The summed E-state index contributed by atoms with van der Waals surface area (Å²) >= 11 is 0. The minimum absolute atomic E-state index is 0. The van der Waals surface area contributed by atoms with Crippen LogP contribution in [0, 0.1) is 0 Å². The number of aliphatic hydroxyl groups excluding tert-OH is 1. The fourth-order valence-electron chi connectivity index (χ4n) is 0.325. The Kier molecular flexibility index (Phi) is 9.55. The predicted molar refractivity (Wildman–Crippen MR) is 33.2 cm³/mol. The molecule has 0 aliphatic rings. The fraction of sp³-hybridized carbons (Fsp3) is 0.750. The van der Waals surface area contributed by atoms with Gasteiger partial charge in [-0.3, -0.25) is 4.79 Å². The van der Waals surface area contributed by atoms with Crippen LogP contribution < -0.4 is 0 Å². The van der Waals surface area contributed by atoms with Crippen molar-refractivity contribution in [2.45, 2.75) is 6.42 Å². The molecule has 0 bridgehead atoms. The molecule has 10 heavy (non-hydrogen) atoms. The SMILES string of the molecule is O=C(O)CC[PH](=O)CO.[Zn]. The molecule has 0 rings (SSSR count). The molecule has 1 unspecified atom stereocenters. The summed E-state index contributed by atoms with van der Waals surface area (Å²) < 4.78 is 10.4. The minimum atomic E-state index is -2.00. The van der Waals surface area contributed by atoms with Gasteiger partial charge in [0.05, 0.1) is 12.8 Å². The Bertz CT molecular complexity index is 126. The molecule has 0 aromatic heterocycles. The Balaban J connectivity index is 0. The molecule has 0 fully saturated rings. The van der Waals surface area contributed by atoms with Crippen molar-refractivity contribution in [3.8, 4) is 0 Å². The summed E-state index contributed by atoms with van der Waals surface area (Å²) in [6, 6.07) is 0. The second kappa shape index (κ2) is 7.39. The normalized spacial score (nSPS) is 11.7. The van der Waals surface area contributed by atoms with E-state index in [2.05, 4.69) is 0 Å². The van der Waals surface area contributed by atoms with Crippen LogP contribution in [0.1, 0.15) is 6.42 Å². The van der Waals surface area contributed by atoms with Crippen LogP contribution in [-0.2, 0) is 28.8 Å². The first kappa shape index (κ1) is 12.9. The molecular formula is C4H9O4PZn. The predicted octanol–water partition coefficient (Wildman–Crippen LogP) is -0.0319. The first-order valence-electron chi connectivity index (χ1n) is 2.51. The maximum atomic E-state index is 10.4. The third-order valence-corrected chi connectivity index (χ3v) is 1.95. The smallest absolute Gasteiger partial charge is 0.303 e. The van der Waals surface area contributed by atoms with Crippen molar-refractivity contribution in [3.63, 3.8) is 0 Å². The zero-order valence-electron chi connectivity index (χ0n) is 5.54.